The van der Waals surface area contributed by atoms with E-state index < -0.39 is 30.4 Å². The van der Waals surface area contributed by atoms with Crippen molar-refractivity contribution in [1.29, 1.82) is 0 Å². The number of rotatable bonds is 6. The van der Waals surface area contributed by atoms with Gasteiger partial charge in [0.25, 0.3) is 0 Å². The lowest BCUT2D eigenvalue weighted by atomic mass is 10.0. The minimum atomic E-state index is -0.733. The van der Waals surface area contributed by atoms with Gasteiger partial charge in [0.15, 0.2) is 17.9 Å². The number of halogens is 1. The Bertz CT molecular complexity index is 645. The van der Waals surface area contributed by atoms with Crippen LogP contribution < -0.4 is 0 Å². The molecule has 2 aliphatic rings. The number of carbonyl (C=O) groups is 1. The highest BCUT2D eigenvalue weighted by Crippen LogP contribution is 2.39. The van der Waals surface area contributed by atoms with Gasteiger partial charge >= 0.3 is 0 Å². The van der Waals surface area contributed by atoms with Crippen LogP contribution in [0.3, 0.4) is 0 Å². The van der Waals surface area contributed by atoms with Crippen molar-refractivity contribution in [2.45, 2.75) is 77.5 Å². The molecule has 2 heterocycles. The number of fused-ring (bicyclic) bond motifs is 1. The third-order valence-corrected chi connectivity index (χ3v) is 5.03. The second kappa shape index (κ2) is 7.45. The zero-order valence-electron chi connectivity index (χ0n) is 15.1. The van der Waals surface area contributed by atoms with Gasteiger partial charge in [-0.1, -0.05) is 28.9 Å². The highest BCUT2D eigenvalue weighted by molar-refractivity contribution is 9.10. The number of hydrogen-bond acceptors (Lipinski definition) is 5. The SMILES string of the molecule is CCCC(=O)[C@H]1O[C@@H]2OC(C)(C)O[C@@H]2[C@H]1OCc1ccc(Br)cc1C. The summed E-state index contributed by atoms with van der Waals surface area (Å²) < 4.78 is 24.7. The second-order valence-electron chi connectivity index (χ2n) is 7.09. The molecule has 0 aromatic heterocycles. The van der Waals surface area contributed by atoms with Crippen LogP contribution in [0.25, 0.3) is 0 Å². The summed E-state index contributed by atoms with van der Waals surface area (Å²) in [5.74, 6) is -0.692. The number of ketones is 1. The molecule has 0 radical (unpaired) electrons. The maximum Gasteiger partial charge on any atom is 0.190 e. The van der Waals surface area contributed by atoms with Crippen LogP contribution in [-0.2, 0) is 30.3 Å². The fourth-order valence-electron chi connectivity index (χ4n) is 3.32. The third kappa shape index (κ3) is 4.14. The first-order valence-corrected chi connectivity index (χ1v) is 9.50. The number of ether oxygens (including phenoxy) is 4. The molecule has 2 saturated heterocycles. The maximum absolute atomic E-state index is 12.4. The summed E-state index contributed by atoms with van der Waals surface area (Å²) in [7, 11) is 0. The standard InChI is InChI=1S/C19H25BrO5/c1-5-6-14(21)15-16(17-18(23-15)25-19(3,4)24-17)22-10-12-7-8-13(20)9-11(12)2/h7-9,15-18H,5-6,10H2,1-4H3/t15-,16+,17-,18-/m1/s1. The largest absolute Gasteiger partial charge is 0.367 e. The van der Waals surface area contributed by atoms with Crippen LogP contribution in [0.5, 0.6) is 0 Å². The van der Waals surface area contributed by atoms with Gasteiger partial charge in [0.1, 0.15) is 18.3 Å². The van der Waals surface area contributed by atoms with Crippen LogP contribution >= 0.6 is 15.9 Å². The van der Waals surface area contributed by atoms with Crippen LogP contribution in [0.15, 0.2) is 22.7 Å². The molecule has 0 amide bonds. The average molecular weight is 413 g/mol. The highest BCUT2D eigenvalue weighted by atomic mass is 79.9. The summed E-state index contributed by atoms with van der Waals surface area (Å²) in [6.45, 7) is 8.09. The molecule has 138 valence electrons. The zero-order chi connectivity index (χ0) is 18.2. The smallest absolute Gasteiger partial charge is 0.190 e. The number of hydrogen-bond donors (Lipinski definition) is 0. The minimum Gasteiger partial charge on any atom is -0.367 e. The monoisotopic (exact) mass is 412 g/mol. The third-order valence-electron chi connectivity index (χ3n) is 4.54. The van der Waals surface area contributed by atoms with Crippen LogP contribution in [0, 0.1) is 6.92 Å². The molecule has 1 aromatic carbocycles. The van der Waals surface area contributed by atoms with Gasteiger partial charge in [0.2, 0.25) is 0 Å². The van der Waals surface area contributed by atoms with E-state index >= 15 is 0 Å². The summed E-state index contributed by atoms with van der Waals surface area (Å²) in [5, 5.41) is 0. The quantitative estimate of drug-likeness (QED) is 0.709. The topological polar surface area (TPSA) is 54.0 Å². The molecular weight excluding hydrogens is 388 g/mol. The highest BCUT2D eigenvalue weighted by Gasteiger charge is 2.57. The Morgan fingerprint density at radius 3 is 2.76 bits per heavy atom. The molecule has 0 aliphatic carbocycles. The lowest BCUT2D eigenvalue weighted by Gasteiger charge is -2.25. The second-order valence-corrected chi connectivity index (χ2v) is 8.00. The summed E-state index contributed by atoms with van der Waals surface area (Å²) in [5.41, 5.74) is 2.21. The Labute approximate surface area is 157 Å². The maximum atomic E-state index is 12.4. The van der Waals surface area contributed by atoms with Gasteiger partial charge in [-0.3, -0.25) is 4.79 Å². The van der Waals surface area contributed by atoms with Crippen molar-refractivity contribution in [2.75, 3.05) is 0 Å². The number of aryl methyl sites for hydroxylation is 1. The van der Waals surface area contributed by atoms with E-state index in [0.29, 0.717) is 13.0 Å². The summed E-state index contributed by atoms with van der Waals surface area (Å²) in [6.07, 6.45) is -0.811. The van der Waals surface area contributed by atoms with E-state index in [4.69, 9.17) is 18.9 Å². The predicted octanol–water partition coefficient (Wildman–Crippen LogP) is 3.89. The zero-order valence-corrected chi connectivity index (χ0v) is 16.7. The van der Waals surface area contributed by atoms with Crippen LogP contribution in [0.2, 0.25) is 0 Å². The molecule has 25 heavy (non-hydrogen) atoms. The van der Waals surface area contributed by atoms with Crippen molar-refractivity contribution in [3.63, 3.8) is 0 Å². The Morgan fingerprint density at radius 2 is 2.08 bits per heavy atom. The summed E-state index contributed by atoms with van der Waals surface area (Å²) in [4.78, 5) is 12.4. The summed E-state index contributed by atoms with van der Waals surface area (Å²) in [6, 6.07) is 6.05. The predicted molar refractivity (Wildman–Crippen MR) is 96.1 cm³/mol. The van der Waals surface area contributed by atoms with Gasteiger partial charge in [-0.05, 0) is 50.5 Å². The average Bonchev–Trinajstić information content (AvgIpc) is 2.99. The fraction of sp³-hybridized carbons (Fsp3) is 0.632. The molecule has 0 N–H and O–H groups in total. The molecule has 5 nitrogen and oxygen atoms in total. The van der Waals surface area contributed by atoms with Gasteiger partial charge in [0.05, 0.1) is 6.61 Å². The van der Waals surface area contributed by atoms with Crippen LogP contribution in [-0.4, -0.2) is 36.2 Å². The van der Waals surface area contributed by atoms with Gasteiger partial charge in [-0.15, -0.1) is 0 Å². The Balaban J connectivity index is 1.75. The van der Waals surface area contributed by atoms with Crippen molar-refractivity contribution in [3.8, 4) is 0 Å². The van der Waals surface area contributed by atoms with E-state index in [1.807, 2.05) is 45.9 Å². The lowest BCUT2D eigenvalue weighted by molar-refractivity contribution is -0.218. The van der Waals surface area contributed by atoms with Crippen molar-refractivity contribution >= 4 is 21.7 Å². The molecule has 0 saturated carbocycles. The van der Waals surface area contributed by atoms with Crippen molar-refractivity contribution in [1.82, 2.24) is 0 Å². The first-order chi connectivity index (χ1) is 11.8. The van der Waals surface area contributed by atoms with Gasteiger partial charge < -0.3 is 18.9 Å². The fourth-order valence-corrected chi connectivity index (χ4v) is 3.79. The molecule has 0 spiro atoms. The molecule has 2 fully saturated rings. The Morgan fingerprint density at radius 1 is 1.32 bits per heavy atom. The van der Waals surface area contributed by atoms with Crippen molar-refractivity contribution in [3.05, 3.63) is 33.8 Å². The Kier molecular flexibility index (Phi) is 5.66. The van der Waals surface area contributed by atoms with E-state index in [1.165, 1.54) is 0 Å². The van der Waals surface area contributed by atoms with Crippen molar-refractivity contribution < 1.29 is 23.7 Å². The Hall–Kier alpha value is -0.790. The van der Waals surface area contributed by atoms with Gasteiger partial charge in [-0.25, -0.2) is 0 Å². The molecule has 6 heteroatoms. The normalized spacial score (nSPS) is 30.4. The van der Waals surface area contributed by atoms with Crippen LogP contribution in [0.4, 0.5) is 0 Å². The van der Waals surface area contributed by atoms with E-state index in [2.05, 4.69) is 15.9 Å². The molecular formula is C19H25BrO5. The van der Waals surface area contributed by atoms with E-state index in [0.717, 1.165) is 22.0 Å². The van der Waals surface area contributed by atoms with Gasteiger partial charge in [-0.2, -0.15) is 0 Å². The molecule has 1 aromatic rings. The first-order valence-electron chi connectivity index (χ1n) is 8.71. The van der Waals surface area contributed by atoms with Crippen LogP contribution in [0.1, 0.15) is 44.7 Å². The van der Waals surface area contributed by atoms with Crippen molar-refractivity contribution in [2.24, 2.45) is 0 Å². The first kappa shape index (κ1) is 19.0. The van der Waals surface area contributed by atoms with Gasteiger partial charge in [0, 0.05) is 10.9 Å². The number of Topliss-reactive ketones (excluding diaryl/α,β-unsaturated/α-hetero) is 1. The number of benzene rings is 1. The molecule has 0 bridgehead atoms. The lowest BCUT2D eigenvalue weighted by Crippen LogP contribution is -2.40. The molecule has 0 unspecified atom stereocenters. The minimum absolute atomic E-state index is 0.0411. The molecule has 2 aliphatic heterocycles. The van der Waals surface area contributed by atoms with E-state index in [9.17, 15) is 4.79 Å². The number of carbonyl (C=O) groups excluding carboxylic acids is 1. The van der Waals surface area contributed by atoms with E-state index in [1.54, 1.807) is 0 Å². The summed E-state index contributed by atoms with van der Waals surface area (Å²) >= 11 is 3.47. The molecule has 4 atom stereocenters. The van der Waals surface area contributed by atoms with E-state index in [-0.39, 0.29) is 5.78 Å². The molecule has 3 rings (SSSR count).